The van der Waals surface area contributed by atoms with E-state index in [1.165, 1.54) is 19.1 Å². The van der Waals surface area contributed by atoms with Crippen molar-refractivity contribution < 1.29 is 55.4 Å². The Hall–Kier alpha value is -4.35. The van der Waals surface area contributed by atoms with Crippen molar-refractivity contribution >= 4 is 29.1 Å². The number of allylic oxidation sites excluding steroid dienone is 1. The van der Waals surface area contributed by atoms with Crippen molar-refractivity contribution in [3.8, 4) is 5.69 Å². The van der Waals surface area contributed by atoms with Crippen LogP contribution in [0.25, 0.3) is 17.0 Å². The topological polar surface area (TPSA) is 130 Å². The molecule has 2 fully saturated rings. The van der Waals surface area contributed by atoms with Crippen molar-refractivity contribution in [2.45, 2.75) is 49.7 Å². The first kappa shape index (κ1) is 34.5. The second-order valence-electron chi connectivity index (χ2n) is 11.4. The average molecular weight is 713 g/mol. The largest absolute Gasteiger partial charge is 0.418 e. The standard InChI is InChI=1S/C32H25ClF7N5O4/c1-13-43-31(45(44-13)22-10-16(33)4-7-19(22)32(38,39)40)30-27(47)26(29-28(49-30)23(46)12-48-29)42-11-18(15-8-20(35)24(37)21(36)9-15)25(41)14-2-5-17(34)6-3-14/h2-11,23,26-30,46-47H,12,41H2,1H3/p+1/b25-18+,42-11?/t23?,26?,27?,28?,29-,30-/m1/s1. The average Bonchev–Trinajstić information content (AvgIpc) is 3.61. The van der Waals surface area contributed by atoms with Crippen LogP contribution in [-0.2, 0) is 15.7 Å². The van der Waals surface area contributed by atoms with Crippen LogP contribution in [0.3, 0.4) is 0 Å². The molecule has 0 saturated carbocycles. The van der Waals surface area contributed by atoms with Crippen LogP contribution in [0.1, 0.15) is 34.4 Å². The number of alkyl halides is 3. The van der Waals surface area contributed by atoms with E-state index in [0.29, 0.717) is 12.1 Å². The quantitative estimate of drug-likeness (QED) is 0.104. The molecule has 1 aromatic heterocycles. The molecule has 3 heterocycles. The van der Waals surface area contributed by atoms with Gasteiger partial charge >= 0.3 is 6.18 Å². The van der Waals surface area contributed by atoms with E-state index in [4.69, 9.17) is 26.8 Å². The van der Waals surface area contributed by atoms with Gasteiger partial charge in [-0.2, -0.15) is 18.3 Å². The summed E-state index contributed by atoms with van der Waals surface area (Å²) in [7, 11) is 0. The van der Waals surface area contributed by atoms with E-state index in [1.807, 2.05) is 0 Å². The number of halogens is 8. The molecule has 2 aliphatic rings. The molecule has 0 radical (unpaired) electrons. The monoisotopic (exact) mass is 712 g/mol. The van der Waals surface area contributed by atoms with Gasteiger partial charge in [-0.15, -0.1) is 0 Å². The van der Waals surface area contributed by atoms with Gasteiger partial charge in [-0.25, -0.2) is 32.2 Å². The molecular weight excluding hydrogens is 687 g/mol. The van der Waals surface area contributed by atoms with Gasteiger partial charge in [0.15, 0.2) is 47.8 Å². The Morgan fingerprint density at radius 3 is 2.33 bits per heavy atom. The number of hydrogen-bond donors (Lipinski definition) is 4. The van der Waals surface area contributed by atoms with Crippen molar-refractivity contribution in [3.05, 3.63) is 111 Å². The molecule has 5 N–H and O–H groups in total. The first-order valence-electron chi connectivity index (χ1n) is 14.6. The van der Waals surface area contributed by atoms with E-state index in [-0.39, 0.29) is 45.7 Å². The van der Waals surface area contributed by atoms with Crippen molar-refractivity contribution in [3.63, 3.8) is 0 Å². The first-order chi connectivity index (χ1) is 23.1. The molecule has 0 bridgehead atoms. The molecule has 9 nitrogen and oxygen atoms in total. The highest BCUT2D eigenvalue weighted by Gasteiger charge is 2.56. The number of nitrogens with zero attached hydrogens (tertiary/aromatic N) is 3. The SMILES string of the molecule is Cc1nc([C@@H]2OC3C(O)CO[C@@H]3C([NH+]=C/C(=C(\N)c3ccc(F)cc3)c3cc(F)c(F)c(F)c3)C2O)n(-c2cc(Cl)ccc2C(F)(F)F)n1. The Labute approximate surface area is 278 Å². The van der Waals surface area contributed by atoms with Crippen LogP contribution >= 0.6 is 11.6 Å². The molecule has 4 aromatic rings. The number of nitrogens with one attached hydrogen (secondary N) is 1. The summed E-state index contributed by atoms with van der Waals surface area (Å²) in [6.45, 7) is 1.16. The fraction of sp³-hybridized carbons (Fsp3) is 0.281. The summed E-state index contributed by atoms with van der Waals surface area (Å²) >= 11 is 6.06. The smallest absolute Gasteiger partial charge is 0.398 e. The first-order valence-corrected chi connectivity index (χ1v) is 15.0. The highest BCUT2D eigenvalue weighted by atomic mass is 35.5. The third-order valence-corrected chi connectivity index (χ3v) is 8.38. The number of ether oxygens (including phenoxy) is 2. The molecule has 2 aliphatic heterocycles. The van der Waals surface area contributed by atoms with Crippen LogP contribution in [-0.4, -0.2) is 68.3 Å². The zero-order valence-corrected chi connectivity index (χ0v) is 25.9. The second-order valence-corrected chi connectivity index (χ2v) is 11.8. The minimum atomic E-state index is -4.84. The number of rotatable bonds is 6. The molecule has 0 spiro atoms. The van der Waals surface area contributed by atoms with Crippen LogP contribution in [0, 0.1) is 30.2 Å². The molecule has 49 heavy (non-hydrogen) atoms. The van der Waals surface area contributed by atoms with E-state index in [0.717, 1.165) is 41.2 Å². The van der Waals surface area contributed by atoms with Gasteiger partial charge in [0.25, 0.3) is 0 Å². The molecule has 4 unspecified atom stereocenters. The number of aliphatic hydroxyl groups is 2. The number of benzene rings is 3. The third-order valence-electron chi connectivity index (χ3n) is 8.14. The zero-order valence-electron chi connectivity index (χ0n) is 25.1. The summed E-state index contributed by atoms with van der Waals surface area (Å²) in [5.74, 6) is -5.65. The summed E-state index contributed by atoms with van der Waals surface area (Å²) in [5, 5.41) is 26.5. The van der Waals surface area contributed by atoms with Gasteiger partial charge in [-0.05, 0) is 72.6 Å². The van der Waals surface area contributed by atoms with Crippen molar-refractivity contribution in [1.82, 2.24) is 14.8 Å². The lowest BCUT2D eigenvalue weighted by Gasteiger charge is -2.37. The van der Waals surface area contributed by atoms with E-state index < -0.39 is 77.3 Å². The van der Waals surface area contributed by atoms with Gasteiger partial charge in [-0.3, -0.25) is 0 Å². The van der Waals surface area contributed by atoms with Gasteiger partial charge in [0, 0.05) is 5.02 Å². The van der Waals surface area contributed by atoms with Crippen LogP contribution in [0.15, 0.2) is 54.6 Å². The number of fused-ring (bicyclic) bond motifs is 1. The second kappa shape index (κ2) is 13.2. The number of aromatic nitrogens is 3. The predicted molar refractivity (Wildman–Crippen MR) is 160 cm³/mol. The molecule has 2 saturated heterocycles. The number of aliphatic hydroxyl groups excluding tert-OH is 2. The Balaban J connectivity index is 1.46. The number of aryl methyl sites for hydroxylation is 1. The third kappa shape index (κ3) is 6.66. The Kier molecular flexibility index (Phi) is 9.27. The Bertz CT molecular complexity index is 1930. The predicted octanol–water partition coefficient (Wildman–Crippen LogP) is 3.41. The van der Waals surface area contributed by atoms with Gasteiger partial charge < -0.3 is 25.4 Å². The Morgan fingerprint density at radius 2 is 1.67 bits per heavy atom. The fourth-order valence-corrected chi connectivity index (χ4v) is 6.01. The molecule has 6 rings (SSSR count). The van der Waals surface area contributed by atoms with E-state index in [2.05, 4.69) is 15.1 Å². The molecule has 6 atom stereocenters. The van der Waals surface area contributed by atoms with Crippen molar-refractivity contribution in [2.24, 2.45) is 5.73 Å². The lowest BCUT2D eigenvalue weighted by atomic mass is 9.91. The van der Waals surface area contributed by atoms with E-state index in [9.17, 15) is 40.9 Å². The molecule has 258 valence electrons. The van der Waals surface area contributed by atoms with Gasteiger partial charge in [-0.1, -0.05) is 11.6 Å². The van der Waals surface area contributed by atoms with Crippen LogP contribution in [0.4, 0.5) is 30.7 Å². The maximum Gasteiger partial charge on any atom is 0.418 e. The maximum atomic E-state index is 14.4. The summed E-state index contributed by atoms with van der Waals surface area (Å²) in [6, 6.07) is 7.72. The minimum absolute atomic E-state index is 0.0120. The van der Waals surface area contributed by atoms with E-state index >= 15 is 0 Å². The molecule has 17 heteroatoms. The Morgan fingerprint density at radius 1 is 1.00 bits per heavy atom. The molecule has 3 aromatic carbocycles. The molecule has 0 amide bonds. The summed E-state index contributed by atoms with van der Waals surface area (Å²) in [6.07, 6.45) is -10.4. The highest BCUT2D eigenvalue weighted by molar-refractivity contribution is 6.30. The van der Waals surface area contributed by atoms with Gasteiger partial charge in [0.1, 0.15) is 23.8 Å². The lowest BCUT2D eigenvalue weighted by molar-refractivity contribution is -0.539. The van der Waals surface area contributed by atoms with Crippen LogP contribution < -0.4 is 10.7 Å². The summed E-state index contributed by atoms with van der Waals surface area (Å²) in [4.78, 5) is 7.14. The molecule has 0 aliphatic carbocycles. The summed E-state index contributed by atoms with van der Waals surface area (Å²) < 4.78 is 111. The number of nitrogens with two attached hydrogens (primary N) is 1. The van der Waals surface area contributed by atoms with Gasteiger partial charge in [0.05, 0.1) is 29.1 Å². The van der Waals surface area contributed by atoms with Crippen LogP contribution in [0.2, 0.25) is 5.02 Å². The van der Waals surface area contributed by atoms with Crippen molar-refractivity contribution in [2.75, 3.05) is 6.61 Å². The lowest BCUT2D eigenvalue weighted by Crippen LogP contribution is -2.86. The highest BCUT2D eigenvalue weighted by Crippen LogP contribution is 2.39. The molecular formula is C32H26ClF7N5O4+. The normalized spacial score (nSPS) is 24.7. The zero-order chi connectivity index (χ0) is 35.4. The minimum Gasteiger partial charge on any atom is -0.398 e. The maximum absolute atomic E-state index is 14.4. The van der Waals surface area contributed by atoms with Crippen molar-refractivity contribution in [1.29, 1.82) is 0 Å². The number of hydrogen-bond acceptors (Lipinski definition) is 7. The fourth-order valence-electron chi connectivity index (χ4n) is 5.84. The summed E-state index contributed by atoms with van der Waals surface area (Å²) in [5.41, 5.74) is 4.45. The van der Waals surface area contributed by atoms with E-state index in [1.54, 1.807) is 0 Å². The van der Waals surface area contributed by atoms with Gasteiger partial charge in [0.2, 0.25) is 6.04 Å². The van der Waals surface area contributed by atoms with Crippen LogP contribution in [0.5, 0.6) is 0 Å².